The van der Waals surface area contributed by atoms with Crippen LogP contribution in [0.15, 0.2) is 64.2 Å². The zero-order valence-corrected chi connectivity index (χ0v) is 14.5. The first-order chi connectivity index (χ1) is 11.6. The molecule has 0 atom stereocenters. The number of rotatable bonds is 4. The summed E-state index contributed by atoms with van der Waals surface area (Å²) in [6.45, 7) is 2.02. The van der Waals surface area contributed by atoms with E-state index in [0.29, 0.717) is 11.4 Å². The van der Waals surface area contributed by atoms with Gasteiger partial charge in [-0.15, -0.1) is 0 Å². The second-order valence-electron chi connectivity index (χ2n) is 5.28. The number of amides is 1. The highest BCUT2D eigenvalue weighted by atomic mass is 79.9. The van der Waals surface area contributed by atoms with Crippen molar-refractivity contribution in [1.82, 2.24) is 15.6 Å². The van der Waals surface area contributed by atoms with E-state index in [9.17, 15) is 4.79 Å². The lowest BCUT2D eigenvalue weighted by molar-refractivity contribution is 0.0950. The van der Waals surface area contributed by atoms with E-state index in [4.69, 9.17) is 0 Å². The van der Waals surface area contributed by atoms with Crippen LogP contribution in [0.25, 0.3) is 11.3 Å². The lowest BCUT2D eigenvalue weighted by Crippen LogP contribution is -2.17. The van der Waals surface area contributed by atoms with E-state index in [1.165, 1.54) is 5.56 Å². The molecule has 0 bridgehead atoms. The summed E-state index contributed by atoms with van der Waals surface area (Å²) in [5.74, 6) is -0.339. The molecule has 6 heteroatoms. The molecule has 3 rings (SSSR count). The van der Waals surface area contributed by atoms with Crippen molar-refractivity contribution in [2.45, 2.75) is 6.92 Å². The first kappa shape index (κ1) is 16.1. The van der Waals surface area contributed by atoms with Gasteiger partial charge in [-0.25, -0.2) is 5.43 Å². The van der Waals surface area contributed by atoms with Crippen molar-refractivity contribution in [2.24, 2.45) is 5.10 Å². The molecule has 0 radical (unpaired) electrons. The molecular weight excluding hydrogens is 368 g/mol. The highest BCUT2D eigenvalue weighted by molar-refractivity contribution is 9.10. The summed E-state index contributed by atoms with van der Waals surface area (Å²) in [4.78, 5) is 12.1. The predicted molar refractivity (Wildman–Crippen MR) is 98.0 cm³/mol. The Morgan fingerprint density at radius 1 is 1.17 bits per heavy atom. The minimum atomic E-state index is -0.339. The van der Waals surface area contributed by atoms with Gasteiger partial charge in [-0.1, -0.05) is 57.9 Å². The van der Waals surface area contributed by atoms with Crippen molar-refractivity contribution >= 4 is 28.1 Å². The van der Waals surface area contributed by atoms with Crippen LogP contribution in [0, 0.1) is 6.92 Å². The highest BCUT2D eigenvalue weighted by Gasteiger charge is 2.10. The molecule has 0 unspecified atom stereocenters. The fourth-order valence-corrected chi connectivity index (χ4v) is 2.35. The number of H-pyrrole nitrogens is 1. The molecule has 0 aliphatic rings. The maximum Gasteiger partial charge on any atom is 0.289 e. The SMILES string of the molecule is Cc1ccc(/C=N/NC(=O)c2cc(-c3ccc(Br)cc3)n[nH]2)cc1. The number of aromatic nitrogens is 2. The Bertz CT molecular complexity index is 867. The molecule has 2 aromatic carbocycles. The van der Waals surface area contributed by atoms with E-state index in [0.717, 1.165) is 15.6 Å². The summed E-state index contributed by atoms with van der Waals surface area (Å²) in [6, 6.07) is 17.3. The molecule has 24 heavy (non-hydrogen) atoms. The quantitative estimate of drug-likeness (QED) is 0.530. The van der Waals surface area contributed by atoms with Crippen LogP contribution >= 0.6 is 15.9 Å². The van der Waals surface area contributed by atoms with Crippen molar-refractivity contribution in [1.29, 1.82) is 0 Å². The molecule has 0 aliphatic carbocycles. The molecule has 2 N–H and O–H groups in total. The number of carbonyl (C=O) groups excluding carboxylic acids is 1. The Morgan fingerprint density at radius 3 is 2.58 bits per heavy atom. The van der Waals surface area contributed by atoms with E-state index in [-0.39, 0.29) is 5.91 Å². The number of nitrogens with one attached hydrogen (secondary N) is 2. The summed E-state index contributed by atoms with van der Waals surface area (Å²) >= 11 is 3.39. The van der Waals surface area contributed by atoms with Crippen LogP contribution in [0.5, 0.6) is 0 Å². The number of nitrogens with zero attached hydrogens (tertiary/aromatic N) is 2. The average molecular weight is 383 g/mol. The van der Waals surface area contributed by atoms with Gasteiger partial charge in [0, 0.05) is 10.0 Å². The normalized spacial score (nSPS) is 10.9. The molecule has 1 heterocycles. The molecule has 5 nitrogen and oxygen atoms in total. The average Bonchev–Trinajstić information content (AvgIpc) is 3.07. The van der Waals surface area contributed by atoms with Gasteiger partial charge in [-0.3, -0.25) is 9.89 Å². The third-order valence-electron chi connectivity index (χ3n) is 3.42. The first-order valence-corrected chi connectivity index (χ1v) is 8.12. The predicted octanol–water partition coefficient (Wildman–Crippen LogP) is 3.91. The van der Waals surface area contributed by atoms with Crippen molar-refractivity contribution in [2.75, 3.05) is 0 Å². The lowest BCUT2D eigenvalue weighted by atomic mass is 10.1. The first-order valence-electron chi connectivity index (χ1n) is 7.33. The Kier molecular flexibility index (Phi) is 4.86. The van der Waals surface area contributed by atoms with Crippen LogP contribution in [0.3, 0.4) is 0 Å². The fourth-order valence-electron chi connectivity index (χ4n) is 2.08. The van der Waals surface area contributed by atoms with Gasteiger partial charge in [-0.2, -0.15) is 10.2 Å². The van der Waals surface area contributed by atoms with Gasteiger partial charge in [0.25, 0.3) is 5.91 Å². The molecule has 0 saturated carbocycles. The van der Waals surface area contributed by atoms with Crippen molar-refractivity contribution in [3.05, 3.63) is 75.9 Å². The number of hydrogen-bond acceptors (Lipinski definition) is 3. The van der Waals surface area contributed by atoms with Gasteiger partial charge in [0.2, 0.25) is 0 Å². The number of hydrazone groups is 1. The molecule has 3 aromatic rings. The molecular formula is C18H15BrN4O. The van der Waals surface area contributed by atoms with E-state index in [1.807, 2.05) is 55.5 Å². The van der Waals surface area contributed by atoms with E-state index in [1.54, 1.807) is 12.3 Å². The van der Waals surface area contributed by atoms with Crippen molar-refractivity contribution in [3.8, 4) is 11.3 Å². The number of aryl methyl sites for hydroxylation is 1. The number of carbonyl (C=O) groups is 1. The largest absolute Gasteiger partial charge is 0.289 e. The van der Waals surface area contributed by atoms with Crippen molar-refractivity contribution < 1.29 is 4.79 Å². The second-order valence-corrected chi connectivity index (χ2v) is 6.20. The minimum Gasteiger partial charge on any atom is -0.272 e. The molecule has 1 amide bonds. The Labute approximate surface area is 147 Å². The standard InChI is InChI=1S/C18H15BrN4O/c1-12-2-4-13(5-3-12)11-20-23-18(24)17-10-16(21-22-17)14-6-8-15(19)9-7-14/h2-11H,1H3,(H,21,22)(H,23,24)/b20-11+. The zero-order valence-electron chi connectivity index (χ0n) is 13.0. The van der Waals surface area contributed by atoms with Gasteiger partial charge in [0.1, 0.15) is 5.69 Å². The molecule has 0 spiro atoms. The Balaban J connectivity index is 1.65. The third kappa shape index (κ3) is 3.97. The molecule has 1 aromatic heterocycles. The van der Waals surface area contributed by atoms with Crippen LogP contribution < -0.4 is 5.43 Å². The summed E-state index contributed by atoms with van der Waals surface area (Å²) < 4.78 is 0.991. The fraction of sp³-hybridized carbons (Fsp3) is 0.0556. The number of benzene rings is 2. The second kappa shape index (κ2) is 7.23. The number of aromatic amines is 1. The summed E-state index contributed by atoms with van der Waals surface area (Å²) in [6.07, 6.45) is 1.60. The Hall–Kier alpha value is -2.73. The van der Waals surface area contributed by atoms with E-state index < -0.39 is 0 Å². The van der Waals surface area contributed by atoms with Gasteiger partial charge >= 0.3 is 0 Å². The summed E-state index contributed by atoms with van der Waals surface area (Å²) in [5, 5.41) is 10.8. The van der Waals surface area contributed by atoms with Crippen LogP contribution in [0.4, 0.5) is 0 Å². The Morgan fingerprint density at radius 2 is 1.88 bits per heavy atom. The van der Waals surface area contributed by atoms with Gasteiger partial charge in [0.05, 0.1) is 11.9 Å². The summed E-state index contributed by atoms with van der Waals surface area (Å²) in [7, 11) is 0. The number of halogens is 1. The molecule has 0 aliphatic heterocycles. The van der Waals surface area contributed by atoms with Crippen molar-refractivity contribution in [3.63, 3.8) is 0 Å². The van der Waals surface area contributed by atoms with Crippen LogP contribution in [-0.2, 0) is 0 Å². The molecule has 0 fully saturated rings. The maximum atomic E-state index is 12.1. The lowest BCUT2D eigenvalue weighted by Gasteiger charge is -1.97. The topological polar surface area (TPSA) is 70.1 Å². The zero-order chi connectivity index (χ0) is 16.9. The maximum absolute atomic E-state index is 12.1. The minimum absolute atomic E-state index is 0.339. The molecule has 120 valence electrons. The monoisotopic (exact) mass is 382 g/mol. The third-order valence-corrected chi connectivity index (χ3v) is 3.95. The van der Waals surface area contributed by atoms with E-state index >= 15 is 0 Å². The van der Waals surface area contributed by atoms with Crippen LogP contribution in [-0.4, -0.2) is 22.3 Å². The highest BCUT2D eigenvalue weighted by Crippen LogP contribution is 2.20. The molecule has 0 saturated heterocycles. The van der Waals surface area contributed by atoms with Gasteiger partial charge in [-0.05, 0) is 30.7 Å². The van der Waals surface area contributed by atoms with Gasteiger partial charge < -0.3 is 0 Å². The smallest absolute Gasteiger partial charge is 0.272 e. The number of hydrogen-bond donors (Lipinski definition) is 2. The van der Waals surface area contributed by atoms with Crippen LogP contribution in [0.1, 0.15) is 21.6 Å². The van der Waals surface area contributed by atoms with Gasteiger partial charge in [0.15, 0.2) is 0 Å². The van der Waals surface area contributed by atoms with E-state index in [2.05, 4.69) is 36.7 Å². The van der Waals surface area contributed by atoms with Crippen LogP contribution in [0.2, 0.25) is 0 Å². The summed E-state index contributed by atoms with van der Waals surface area (Å²) in [5.41, 5.74) is 6.57.